The minimum atomic E-state index is -4.29. The molecule has 4 rings (SSSR count). The summed E-state index contributed by atoms with van der Waals surface area (Å²) in [5, 5.41) is 0.354. The van der Waals surface area contributed by atoms with Crippen molar-refractivity contribution in [3.05, 3.63) is 76.5 Å². The average molecular weight is 582 g/mol. The molecule has 38 heavy (non-hydrogen) atoms. The molecule has 1 saturated heterocycles. The predicted molar refractivity (Wildman–Crippen MR) is 146 cm³/mol. The maximum Gasteiger partial charge on any atom is 0.264 e. The molecule has 0 radical (unpaired) electrons. The van der Waals surface area contributed by atoms with Gasteiger partial charge < -0.3 is 19.3 Å². The number of anilines is 2. The summed E-state index contributed by atoms with van der Waals surface area (Å²) in [6, 6.07) is 15.1. The lowest BCUT2D eigenvalue weighted by Crippen LogP contribution is -2.52. The van der Waals surface area contributed by atoms with Crippen LogP contribution in [-0.2, 0) is 14.8 Å². The van der Waals surface area contributed by atoms with Gasteiger partial charge in [0.1, 0.15) is 12.4 Å². The molecule has 0 aliphatic carbocycles. The molecule has 1 fully saturated rings. The lowest BCUT2D eigenvalue weighted by molar-refractivity contribution is -0.129. The van der Waals surface area contributed by atoms with E-state index in [-0.39, 0.29) is 21.4 Å². The van der Waals surface area contributed by atoms with E-state index in [1.165, 1.54) is 44.6 Å². The highest BCUT2D eigenvalue weighted by atomic mass is 35.5. The highest BCUT2D eigenvalue weighted by Gasteiger charge is 2.31. The van der Waals surface area contributed by atoms with E-state index in [9.17, 15) is 17.6 Å². The van der Waals surface area contributed by atoms with Crippen molar-refractivity contribution in [2.45, 2.75) is 4.90 Å². The number of hydrogen-bond acceptors (Lipinski definition) is 6. The Morgan fingerprint density at radius 1 is 0.947 bits per heavy atom. The number of halogens is 3. The Bertz CT molecular complexity index is 1430. The van der Waals surface area contributed by atoms with Gasteiger partial charge in [0.05, 0.1) is 29.8 Å². The van der Waals surface area contributed by atoms with Gasteiger partial charge in [0.25, 0.3) is 10.0 Å². The van der Waals surface area contributed by atoms with Crippen LogP contribution in [0.25, 0.3) is 0 Å². The van der Waals surface area contributed by atoms with Crippen molar-refractivity contribution in [1.29, 1.82) is 0 Å². The van der Waals surface area contributed by atoms with Gasteiger partial charge in [-0.15, -0.1) is 0 Å². The van der Waals surface area contributed by atoms with Crippen LogP contribution < -0.4 is 18.7 Å². The summed E-state index contributed by atoms with van der Waals surface area (Å²) in [4.78, 5) is 16.9. The zero-order valence-electron chi connectivity index (χ0n) is 20.7. The SMILES string of the molecule is COc1ccc(S(=O)(=O)N(CC(=O)N2CCN(c3cccc(Cl)c3)CC2)c2ccc(F)c(Cl)c2)cc1OC. The van der Waals surface area contributed by atoms with E-state index in [0.717, 1.165) is 16.1 Å². The van der Waals surface area contributed by atoms with Crippen molar-refractivity contribution in [2.75, 3.05) is 56.1 Å². The molecule has 0 aromatic heterocycles. The van der Waals surface area contributed by atoms with Crippen molar-refractivity contribution in [3.63, 3.8) is 0 Å². The van der Waals surface area contributed by atoms with Gasteiger partial charge in [-0.05, 0) is 48.5 Å². The molecule has 1 aliphatic rings. The third-order valence-electron chi connectivity index (χ3n) is 6.22. The van der Waals surface area contributed by atoms with Gasteiger partial charge in [-0.2, -0.15) is 0 Å². The normalized spacial score (nSPS) is 13.8. The molecule has 3 aromatic carbocycles. The summed E-state index contributed by atoms with van der Waals surface area (Å²) in [7, 11) is -1.47. The molecule has 1 heterocycles. The van der Waals surface area contributed by atoms with Crippen molar-refractivity contribution in [3.8, 4) is 11.5 Å². The molecular weight excluding hydrogens is 556 g/mol. The minimum absolute atomic E-state index is 0.0529. The quantitative estimate of drug-likeness (QED) is 0.384. The van der Waals surface area contributed by atoms with Crippen molar-refractivity contribution in [2.24, 2.45) is 0 Å². The Morgan fingerprint density at radius 2 is 1.66 bits per heavy atom. The van der Waals surface area contributed by atoms with Crippen LogP contribution >= 0.6 is 23.2 Å². The third-order valence-corrected chi connectivity index (χ3v) is 8.51. The zero-order chi connectivity index (χ0) is 27.4. The first-order valence-corrected chi connectivity index (χ1v) is 13.8. The van der Waals surface area contributed by atoms with E-state index in [1.807, 2.05) is 18.2 Å². The van der Waals surface area contributed by atoms with Gasteiger partial charge in [-0.25, -0.2) is 12.8 Å². The van der Waals surface area contributed by atoms with Crippen LogP contribution in [0.1, 0.15) is 0 Å². The van der Waals surface area contributed by atoms with E-state index >= 15 is 0 Å². The number of methoxy groups -OCH3 is 2. The number of carbonyl (C=O) groups is 1. The summed E-state index contributed by atoms with van der Waals surface area (Å²) < 4.78 is 52.9. The van der Waals surface area contributed by atoms with Crippen LogP contribution in [0.4, 0.5) is 15.8 Å². The maximum atomic E-state index is 13.9. The highest BCUT2D eigenvalue weighted by Crippen LogP contribution is 2.33. The van der Waals surface area contributed by atoms with E-state index < -0.39 is 28.3 Å². The second-order valence-corrected chi connectivity index (χ2v) is 11.2. The van der Waals surface area contributed by atoms with Crippen LogP contribution in [0.2, 0.25) is 10.0 Å². The molecule has 0 bridgehead atoms. The summed E-state index contributed by atoms with van der Waals surface area (Å²) in [5.41, 5.74) is 1.00. The molecule has 1 aliphatic heterocycles. The van der Waals surface area contributed by atoms with Crippen LogP contribution in [-0.4, -0.2) is 66.2 Å². The monoisotopic (exact) mass is 581 g/mol. The Morgan fingerprint density at radius 3 is 2.29 bits per heavy atom. The average Bonchev–Trinajstić information content (AvgIpc) is 2.92. The lowest BCUT2D eigenvalue weighted by Gasteiger charge is -2.37. The molecular formula is C26H26Cl2FN3O5S. The molecule has 0 saturated carbocycles. The number of benzene rings is 3. The number of carbonyl (C=O) groups excluding carboxylic acids is 1. The van der Waals surface area contributed by atoms with Crippen molar-refractivity contribution < 1.29 is 27.1 Å². The first kappa shape index (κ1) is 27.8. The fraction of sp³-hybridized carbons (Fsp3) is 0.269. The van der Waals surface area contributed by atoms with Gasteiger partial charge in [0.15, 0.2) is 11.5 Å². The number of nitrogens with zero attached hydrogens (tertiary/aromatic N) is 3. The Kier molecular flexibility index (Phi) is 8.54. The molecule has 0 N–H and O–H groups in total. The first-order chi connectivity index (χ1) is 18.1. The maximum absolute atomic E-state index is 13.9. The highest BCUT2D eigenvalue weighted by molar-refractivity contribution is 7.92. The van der Waals surface area contributed by atoms with E-state index in [2.05, 4.69) is 4.90 Å². The van der Waals surface area contributed by atoms with Crippen molar-refractivity contribution in [1.82, 2.24) is 4.90 Å². The molecule has 8 nitrogen and oxygen atoms in total. The summed E-state index contributed by atoms with van der Waals surface area (Å²) >= 11 is 12.1. The smallest absolute Gasteiger partial charge is 0.264 e. The minimum Gasteiger partial charge on any atom is -0.493 e. The molecule has 202 valence electrons. The molecule has 12 heteroatoms. The summed E-state index contributed by atoms with van der Waals surface area (Å²) in [6.07, 6.45) is 0. The van der Waals surface area contributed by atoms with Crippen molar-refractivity contribution >= 4 is 50.5 Å². The largest absolute Gasteiger partial charge is 0.493 e. The molecule has 0 spiro atoms. The molecule has 3 aromatic rings. The van der Waals surface area contributed by atoms with E-state index in [0.29, 0.717) is 37.0 Å². The molecule has 0 unspecified atom stereocenters. The Balaban J connectivity index is 1.60. The van der Waals surface area contributed by atoms with Gasteiger partial charge in [-0.3, -0.25) is 9.10 Å². The number of rotatable bonds is 8. The fourth-order valence-corrected chi connectivity index (χ4v) is 5.95. The first-order valence-electron chi connectivity index (χ1n) is 11.6. The number of piperazine rings is 1. The van der Waals surface area contributed by atoms with E-state index in [4.69, 9.17) is 32.7 Å². The van der Waals surface area contributed by atoms with Gasteiger partial charge in [0, 0.05) is 43.0 Å². The second-order valence-electron chi connectivity index (χ2n) is 8.47. The summed E-state index contributed by atoms with van der Waals surface area (Å²) in [5.74, 6) is -0.562. The van der Waals surface area contributed by atoms with Gasteiger partial charge in [0.2, 0.25) is 5.91 Å². The molecule has 0 atom stereocenters. The molecule has 1 amide bonds. The standard InChI is InChI=1S/C26H26Cl2FN3O5S/c1-36-24-9-7-21(16-25(24)37-2)38(34,35)32(20-6-8-23(29)22(28)15-20)17-26(33)31-12-10-30(11-13-31)19-5-3-4-18(27)14-19/h3-9,14-16H,10-13,17H2,1-2H3. The van der Waals surface area contributed by atoms with Crippen LogP contribution in [0.15, 0.2) is 65.6 Å². The van der Waals surface area contributed by atoms with Crippen LogP contribution in [0.3, 0.4) is 0 Å². The number of ether oxygens (including phenoxy) is 2. The Hall–Kier alpha value is -3.21. The third kappa shape index (κ3) is 5.92. The topological polar surface area (TPSA) is 79.4 Å². The zero-order valence-corrected chi connectivity index (χ0v) is 23.1. The second kappa shape index (κ2) is 11.7. The van der Waals surface area contributed by atoms with Crippen LogP contribution in [0.5, 0.6) is 11.5 Å². The van der Waals surface area contributed by atoms with E-state index in [1.54, 1.807) is 11.0 Å². The lowest BCUT2D eigenvalue weighted by atomic mass is 10.2. The van der Waals surface area contributed by atoms with Gasteiger partial charge >= 0.3 is 0 Å². The summed E-state index contributed by atoms with van der Waals surface area (Å²) in [6.45, 7) is 1.38. The fourth-order valence-electron chi connectivity index (χ4n) is 4.17. The van der Waals surface area contributed by atoms with Crippen LogP contribution in [0, 0.1) is 5.82 Å². The predicted octanol–water partition coefficient (Wildman–Crippen LogP) is 4.69. The van der Waals surface area contributed by atoms with Gasteiger partial charge in [-0.1, -0.05) is 29.3 Å². The number of hydrogen-bond donors (Lipinski definition) is 0. The Labute approximate surface area is 231 Å². The number of sulfonamides is 1. The number of amides is 1.